The Morgan fingerprint density at radius 3 is 1.52 bits per heavy atom. The molecule has 23 nitrogen and oxygen atoms in total. The number of benzene rings is 2. The minimum Gasteiger partial charge on any atom is -0.494 e. The average molecular weight is 804 g/mol. The van der Waals surface area contributed by atoms with Crippen molar-refractivity contribution in [2.45, 2.75) is 14.7 Å². The standard InChI is InChI=1S/C22H25N7O16S5/c1-43-19-5-3-13(46(30,31)8-6-44-49(37,38)39)10-16(19)27-29-18-12-17(21(23)25-22(18)24)28-26-15-4-2-14(11-20(15)48(34,35)36)47(32,33)9-7-45-50(40,41)42/h2-5,10-12H,6-9H2,1H3,(H4,23,24,25)(H,34,35,36)(H,37,38,39)(H,40,41,42)/b28-26+,29-27+. The first-order valence-corrected chi connectivity index (χ1v) is 20.3. The Bertz CT molecular complexity index is 2400. The third kappa shape index (κ3) is 11.4. The zero-order valence-corrected chi connectivity index (χ0v) is 29.0. The van der Waals surface area contributed by atoms with Gasteiger partial charge in [-0.05, 0) is 36.4 Å². The van der Waals surface area contributed by atoms with Crippen molar-refractivity contribution in [2.75, 3.05) is 43.3 Å². The molecule has 0 aliphatic carbocycles. The van der Waals surface area contributed by atoms with Crippen LogP contribution in [-0.4, -0.2) is 92.6 Å². The SMILES string of the molecule is COc1ccc(S(=O)(=O)CCOS(=O)(=O)O)cc1/N=N/c1cc(/N=N/c2ccc(S(=O)(=O)CCOS(=O)(=O)O)cc2S(=O)(=O)O)c(N)nc1N. The van der Waals surface area contributed by atoms with E-state index in [1.54, 1.807) is 0 Å². The van der Waals surface area contributed by atoms with Gasteiger partial charge in [-0.2, -0.15) is 25.3 Å². The van der Waals surface area contributed by atoms with E-state index < -0.39 is 90.8 Å². The van der Waals surface area contributed by atoms with Crippen LogP contribution in [0, 0.1) is 0 Å². The third-order valence-corrected chi connectivity index (χ3v) is 11.0. The van der Waals surface area contributed by atoms with Gasteiger partial charge in [0.25, 0.3) is 10.1 Å². The number of aromatic nitrogens is 1. The first kappa shape index (κ1) is 40.2. The minimum atomic E-state index is -5.15. The van der Waals surface area contributed by atoms with Gasteiger partial charge in [-0.25, -0.2) is 30.2 Å². The van der Waals surface area contributed by atoms with E-state index in [-0.39, 0.29) is 39.3 Å². The van der Waals surface area contributed by atoms with Crippen LogP contribution < -0.4 is 16.2 Å². The molecule has 0 saturated carbocycles. The van der Waals surface area contributed by atoms with Crippen LogP contribution in [0.3, 0.4) is 0 Å². The van der Waals surface area contributed by atoms with Crippen molar-refractivity contribution < 1.29 is 68.9 Å². The fourth-order valence-corrected chi connectivity index (χ4v) is 7.29. The van der Waals surface area contributed by atoms with E-state index in [4.69, 9.17) is 25.3 Å². The molecule has 0 atom stereocenters. The molecule has 0 bridgehead atoms. The van der Waals surface area contributed by atoms with E-state index in [0.717, 1.165) is 30.3 Å². The highest BCUT2D eigenvalue weighted by atomic mass is 32.3. The summed E-state index contributed by atoms with van der Waals surface area (Å²) < 4.78 is 157. The second-order valence-corrected chi connectivity index (χ2v) is 17.1. The Morgan fingerprint density at radius 1 is 0.620 bits per heavy atom. The largest absolute Gasteiger partial charge is 0.494 e. The molecule has 274 valence electrons. The molecular formula is C22H25N7O16S5. The second-order valence-electron chi connectivity index (χ2n) is 9.27. The molecule has 0 aliphatic heterocycles. The van der Waals surface area contributed by atoms with E-state index in [9.17, 15) is 46.6 Å². The maximum absolute atomic E-state index is 12.6. The number of sulfone groups is 2. The Kier molecular flexibility index (Phi) is 12.3. The lowest BCUT2D eigenvalue weighted by Crippen LogP contribution is -2.16. The summed E-state index contributed by atoms with van der Waals surface area (Å²) >= 11 is 0. The maximum Gasteiger partial charge on any atom is 0.397 e. The molecule has 7 N–H and O–H groups in total. The number of azo groups is 2. The first-order valence-electron chi connectivity index (χ1n) is 12.8. The maximum atomic E-state index is 12.6. The number of nitrogens with two attached hydrogens (primary N) is 2. The van der Waals surface area contributed by atoms with Crippen LogP contribution in [0.25, 0.3) is 0 Å². The fourth-order valence-electron chi connectivity index (χ4n) is 3.55. The molecule has 0 fully saturated rings. The highest BCUT2D eigenvalue weighted by molar-refractivity contribution is 7.92. The highest BCUT2D eigenvalue weighted by Crippen LogP contribution is 2.36. The molecule has 3 aromatic rings. The van der Waals surface area contributed by atoms with E-state index in [2.05, 4.69) is 33.8 Å². The summed E-state index contributed by atoms with van der Waals surface area (Å²) in [5.41, 5.74) is 10.4. The lowest BCUT2D eigenvalue weighted by Gasteiger charge is -2.09. The Labute approximate surface area is 284 Å². The van der Waals surface area contributed by atoms with Gasteiger partial charge in [-0.15, -0.1) is 20.5 Å². The normalized spacial score (nSPS) is 13.3. The van der Waals surface area contributed by atoms with Crippen LogP contribution in [0.2, 0.25) is 0 Å². The molecule has 50 heavy (non-hydrogen) atoms. The molecule has 0 aliphatic rings. The molecule has 3 rings (SSSR count). The number of hydrogen-bond donors (Lipinski definition) is 5. The quantitative estimate of drug-likeness (QED) is 0.101. The summed E-state index contributed by atoms with van der Waals surface area (Å²) in [7, 11) is -22.3. The topological polar surface area (TPSA) is 373 Å². The Balaban J connectivity index is 1.96. The Hall–Kier alpha value is -4.26. The van der Waals surface area contributed by atoms with Crippen LogP contribution in [0.15, 0.2) is 77.6 Å². The number of rotatable bonds is 16. The Morgan fingerprint density at radius 2 is 1.06 bits per heavy atom. The average Bonchev–Trinajstić information content (AvgIpc) is 2.97. The molecule has 0 saturated heterocycles. The summed E-state index contributed by atoms with van der Waals surface area (Å²) in [6.45, 7) is -1.90. The zero-order chi connectivity index (χ0) is 37.7. The number of hydrogen-bond acceptors (Lipinski definition) is 20. The zero-order valence-electron chi connectivity index (χ0n) is 25.0. The molecular weight excluding hydrogens is 779 g/mol. The fraction of sp³-hybridized carbons (Fsp3) is 0.227. The number of nitrogens with zero attached hydrogens (tertiary/aromatic N) is 5. The van der Waals surface area contributed by atoms with Crippen LogP contribution in [0.4, 0.5) is 34.4 Å². The van der Waals surface area contributed by atoms with Crippen molar-refractivity contribution >= 4 is 85.0 Å². The summed E-state index contributed by atoms with van der Waals surface area (Å²) in [6, 6.07) is 6.65. The number of methoxy groups -OCH3 is 1. The van der Waals surface area contributed by atoms with Crippen molar-refractivity contribution in [2.24, 2.45) is 20.5 Å². The van der Waals surface area contributed by atoms with Gasteiger partial charge in [-0.1, -0.05) is 0 Å². The first-order chi connectivity index (χ1) is 22.9. The van der Waals surface area contributed by atoms with Gasteiger partial charge < -0.3 is 16.2 Å². The summed E-state index contributed by atoms with van der Waals surface area (Å²) in [5.74, 6) is -2.52. The van der Waals surface area contributed by atoms with Crippen LogP contribution in [0.5, 0.6) is 5.75 Å². The number of anilines is 2. The van der Waals surface area contributed by atoms with E-state index in [0.29, 0.717) is 6.07 Å². The second kappa shape index (κ2) is 15.3. The van der Waals surface area contributed by atoms with Crippen molar-refractivity contribution in [3.05, 3.63) is 42.5 Å². The molecule has 0 radical (unpaired) electrons. The van der Waals surface area contributed by atoms with Crippen LogP contribution in [0.1, 0.15) is 0 Å². The summed E-state index contributed by atoms with van der Waals surface area (Å²) in [4.78, 5) is 1.74. The smallest absolute Gasteiger partial charge is 0.397 e. The molecule has 1 aromatic heterocycles. The van der Waals surface area contributed by atoms with Gasteiger partial charge in [0.05, 0.1) is 41.6 Å². The van der Waals surface area contributed by atoms with Gasteiger partial charge in [-0.3, -0.25) is 13.7 Å². The van der Waals surface area contributed by atoms with Crippen LogP contribution >= 0.6 is 0 Å². The molecule has 28 heteroatoms. The van der Waals surface area contributed by atoms with Crippen molar-refractivity contribution in [1.29, 1.82) is 0 Å². The number of nitrogen functional groups attached to an aromatic ring is 2. The third-order valence-electron chi connectivity index (χ3n) is 5.82. The lowest BCUT2D eigenvalue weighted by atomic mass is 10.3. The number of pyridine rings is 1. The van der Waals surface area contributed by atoms with E-state index >= 15 is 0 Å². The van der Waals surface area contributed by atoms with Gasteiger partial charge in [0, 0.05) is 6.07 Å². The lowest BCUT2D eigenvalue weighted by molar-refractivity contribution is 0.282. The minimum absolute atomic E-state index is 0.0259. The monoisotopic (exact) mass is 803 g/mol. The summed E-state index contributed by atoms with van der Waals surface area (Å²) in [6.07, 6.45) is 0. The van der Waals surface area contributed by atoms with Crippen molar-refractivity contribution in [1.82, 2.24) is 4.98 Å². The van der Waals surface area contributed by atoms with Crippen LogP contribution in [-0.2, 0) is 59.0 Å². The van der Waals surface area contributed by atoms with Crippen molar-refractivity contribution in [3.8, 4) is 5.75 Å². The van der Waals surface area contributed by atoms with Gasteiger partial charge in [0.1, 0.15) is 33.4 Å². The van der Waals surface area contributed by atoms with Gasteiger partial charge >= 0.3 is 20.8 Å². The molecule has 0 spiro atoms. The van der Waals surface area contributed by atoms with Gasteiger partial charge in [0.15, 0.2) is 31.3 Å². The van der Waals surface area contributed by atoms with Crippen molar-refractivity contribution in [3.63, 3.8) is 0 Å². The number of ether oxygens (including phenoxy) is 1. The molecule has 1 heterocycles. The predicted octanol–water partition coefficient (Wildman–Crippen LogP) is 1.52. The van der Waals surface area contributed by atoms with E-state index in [1.165, 1.54) is 13.2 Å². The highest BCUT2D eigenvalue weighted by Gasteiger charge is 2.23. The molecule has 2 aromatic carbocycles. The summed E-state index contributed by atoms with van der Waals surface area (Å²) in [5, 5.41) is 15.3. The van der Waals surface area contributed by atoms with Gasteiger partial charge in [0.2, 0.25) is 0 Å². The molecule has 0 unspecified atom stereocenters. The molecule has 0 amide bonds. The predicted molar refractivity (Wildman–Crippen MR) is 170 cm³/mol. The van der Waals surface area contributed by atoms with E-state index in [1.807, 2.05) is 0 Å².